The van der Waals surface area contributed by atoms with E-state index in [1.807, 2.05) is 24.3 Å². The van der Waals surface area contributed by atoms with Crippen LogP contribution >= 0.6 is 23.2 Å². The molecule has 0 unspecified atom stereocenters. The number of anilines is 2. The fraction of sp³-hybridized carbons (Fsp3) is 0.360. The number of benzene rings is 2. The topological polar surface area (TPSA) is 91.6 Å². The van der Waals surface area contributed by atoms with E-state index in [0.29, 0.717) is 46.0 Å². The standard InChI is InChI=1S/C25H25Cl2N5O3/c26-17-6-7-20(21(27)13-17)24-29-22(35-30-24)15-31-11-8-16(9-12-31)25(34)28-18-3-1-4-19(14-18)32-10-2-5-23(32)33/h1,3-4,6-7,13-14,16H,2,5,8-12,15H2,(H,28,34). The van der Waals surface area contributed by atoms with Crippen LogP contribution < -0.4 is 10.2 Å². The van der Waals surface area contributed by atoms with Crippen LogP contribution in [0, 0.1) is 5.92 Å². The number of amides is 2. The molecule has 2 aliphatic rings. The summed E-state index contributed by atoms with van der Waals surface area (Å²) in [4.78, 5) is 33.3. The third-order valence-electron chi connectivity index (χ3n) is 6.46. The molecule has 2 saturated heterocycles. The van der Waals surface area contributed by atoms with Gasteiger partial charge in [-0.05, 0) is 68.8 Å². The predicted octanol–water partition coefficient (Wildman–Crippen LogP) is 5.02. The van der Waals surface area contributed by atoms with Gasteiger partial charge in [-0.2, -0.15) is 4.98 Å². The Morgan fingerprint density at radius 2 is 1.94 bits per heavy atom. The second kappa shape index (κ2) is 10.4. The third kappa shape index (κ3) is 5.50. The zero-order valence-corrected chi connectivity index (χ0v) is 20.6. The van der Waals surface area contributed by atoms with Gasteiger partial charge in [0.1, 0.15) is 0 Å². The van der Waals surface area contributed by atoms with Crippen molar-refractivity contribution in [3.8, 4) is 11.4 Å². The highest BCUT2D eigenvalue weighted by atomic mass is 35.5. The molecular weight excluding hydrogens is 489 g/mol. The lowest BCUT2D eigenvalue weighted by Gasteiger charge is -2.30. The third-order valence-corrected chi connectivity index (χ3v) is 7.00. The fourth-order valence-corrected chi connectivity index (χ4v) is 5.05. The summed E-state index contributed by atoms with van der Waals surface area (Å²) in [6.07, 6.45) is 2.92. The van der Waals surface area contributed by atoms with Gasteiger partial charge in [0, 0.05) is 40.8 Å². The summed E-state index contributed by atoms with van der Waals surface area (Å²) in [5.74, 6) is 0.989. The molecule has 1 N–H and O–H groups in total. The van der Waals surface area contributed by atoms with Crippen LogP contribution in [0.25, 0.3) is 11.4 Å². The summed E-state index contributed by atoms with van der Waals surface area (Å²) in [6.45, 7) is 2.74. The smallest absolute Gasteiger partial charge is 0.241 e. The zero-order chi connectivity index (χ0) is 24.4. The molecule has 182 valence electrons. The van der Waals surface area contributed by atoms with Gasteiger partial charge in [0.05, 0.1) is 11.6 Å². The molecule has 0 saturated carbocycles. The number of hydrogen-bond acceptors (Lipinski definition) is 6. The van der Waals surface area contributed by atoms with E-state index in [1.165, 1.54) is 0 Å². The Morgan fingerprint density at radius 3 is 2.69 bits per heavy atom. The minimum absolute atomic E-state index is 0.00649. The van der Waals surface area contributed by atoms with Gasteiger partial charge in [-0.1, -0.05) is 34.4 Å². The summed E-state index contributed by atoms with van der Waals surface area (Å²) < 4.78 is 5.42. The molecule has 0 spiro atoms. The number of likely N-dealkylation sites (tertiary alicyclic amines) is 1. The highest BCUT2D eigenvalue weighted by Crippen LogP contribution is 2.29. The second-order valence-electron chi connectivity index (χ2n) is 8.87. The van der Waals surface area contributed by atoms with Crippen LogP contribution in [0.3, 0.4) is 0 Å². The van der Waals surface area contributed by atoms with Crippen molar-refractivity contribution in [3.63, 3.8) is 0 Å². The number of carbonyl (C=O) groups is 2. The van der Waals surface area contributed by atoms with E-state index in [4.69, 9.17) is 27.7 Å². The van der Waals surface area contributed by atoms with Crippen LogP contribution in [0.15, 0.2) is 47.0 Å². The molecule has 0 bridgehead atoms. The molecule has 8 nitrogen and oxygen atoms in total. The largest absolute Gasteiger partial charge is 0.338 e. The summed E-state index contributed by atoms with van der Waals surface area (Å²) in [6, 6.07) is 12.6. The Morgan fingerprint density at radius 1 is 1.11 bits per heavy atom. The maximum atomic E-state index is 12.9. The van der Waals surface area contributed by atoms with E-state index in [9.17, 15) is 9.59 Å². The number of nitrogens with one attached hydrogen (secondary N) is 1. The monoisotopic (exact) mass is 513 g/mol. The number of carbonyl (C=O) groups excluding carboxylic acids is 2. The lowest BCUT2D eigenvalue weighted by atomic mass is 9.96. The van der Waals surface area contributed by atoms with Gasteiger partial charge in [-0.3, -0.25) is 14.5 Å². The lowest BCUT2D eigenvalue weighted by Crippen LogP contribution is -2.37. The molecule has 0 aliphatic carbocycles. The van der Waals surface area contributed by atoms with Crippen LogP contribution in [-0.4, -0.2) is 46.5 Å². The minimum atomic E-state index is -0.0746. The van der Waals surface area contributed by atoms with Crippen molar-refractivity contribution in [3.05, 3.63) is 58.4 Å². The second-order valence-corrected chi connectivity index (χ2v) is 9.72. The van der Waals surface area contributed by atoms with Crippen molar-refractivity contribution in [2.45, 2.75) is 32.2 Å². The van der Waals surface area contributed by atoms with Crippen molar-refractivity contribution in [2.24, 2.45) is 5.92 Å². The highest BCUT2D eigenvalue weighted by molar-refractivity contribution is 6.36. The Hall–Kier alpha value is -2.94. The van der Waals surface area contributed by atoms with Gasteiger partial charge in [-0.15, -0.1) is 0 Å². The van der Waals surface area contributed by atoms with E-state index in [2.05, 4.69) is 20.4 Å². The Kier molecular flexibility index (Phi) is 7.04. The summed E-state index contributed by atoms with van der Waals surface area (Å²) in [5, 5.41) is 8.08. The number of halogens is 2. The Labute approximate surface area is 213 Å². The molecule has 3 aromatic rings. The molecule has 10 heteroatoms. The van der Waals surface area contributed by atoms with Crippen molar-refractivity contribution < 1.29 is 14.1 Å². The van der Waals surface area contributed by atoms with Crippen LogP contribution in [0.4, 0.5) is 11.4 Å². The first-order chi connectivity index (χ1) is 17.0. The van der Waals surface area contributed by atoms with Crippen molar-refractivity contribution in [1.29, 1.82) is 0 Å². The minimum Gasteiger partial charge on any atom is -0.338 e. The van der Waals surface area contributed by atoms with Gasteiger partial charge in [-0.25, -0.2) is 0 Å². The van der Waals surface area contributed by atoms with Crippen molar-refractivity contribution in [1.82, 2.24) is 15.0 Å². The predicted molar refractivity (Wildman–Crippen MR) is 134 cm³/mol. The van der Waals surface area contributed by atoms with Gasteiger partial charge >= 0.3 is 0 Å². The number of nitrogens with zero attached hydrogens (tertiary/aromatic N) is 4. The van der Waals surface area contributed by atoms with Crippen molar-refractivity contribution in [2.75, 3.05) is 29.9 Å². The number of aromatic nitrogens is 2. The van der Waals surface area contributed by atoms with Crippen LogP contribution in [-0.2, 0) is 16.1 Å². The van der Waals surface area contributed by atoms with Crippen LogP contribution in [0.1, 0.15) is 31.6 Å². The maximum Gasteiger partial charge on any atom is 0.241 e. The molecule has 5 rings (SSSR count). The molecule has 2 amide bonds. The first kappa shape index (κ1) is 23.8. The maximum absolute atomic E-state index is 12.9. The van der Waals surface area contributed by atoms with Gasteiger partial charge in [0.2, 0.25) is 23.5 Å². The SMILES string of the molecule is O=C(Nc1cccc(N2CCCC2=O)c1)C1CCN(Cc2nc(-c3ccc(Cl)cc3Cl)no2)CC1. The summed E-state index contributed by atoms with van der Waals surface area (Å²) >= 11 is 12.2. The van der Waals surface area contributed by atoms with E-state index in [0.717, 1.165) is 44.6 Å². The number of piperidine rings is 1. The molecule has 1 aromatic heterocycles. The van der Waals surface area contributed by atoms with E-state index < -0.39 is 0 Å². The number of hydrogen-bond donors (Lipinski definition) is 1. The normalized spacial score (nSPS) is 17.2. The van der Waals surface area contributed by atoms with Gasteiger partial charge < -0.3 is 14.7 Å². The Bertz CT molecular complexity index is 1240. The molecule has 2 aliphatic heterocycles. The van der Waals surface area contributed by atoms with Gasteiger partial charge in [0.25, 0.3) is 0 Å². The van der Waals surface area contributed by atoms with Crippen LogP contribution in [0.5, 0.6) is 0 Å². The zero-order valence-electron chi connectivity index (χ0n) is 19.0. The summed E-state index contributed by atoms with van der Waals surface area (Å²) in [5.41, 5.74) is 2.22. The highest BCUT2D eigenvalue weighted by Gasteiger charge is 2.27. The van der Waals surface area contributed by atoms with Gasteiger partial charge in [0.15, 0.2) is 0 Å². The summed E-state index contributed by atoms with van der Waals surface area (Å²) in [7, 11) is 0. The van der Waals surface area contributed by atoms with E-state index in [-0.39, 0.29) is 17.7 Å². The Balaban J connectivity index is 1.14. The average molecular weight is 514 g/mol. The molecule has 2 fully saturated rings. The van der Waals surface area contributed by atoms with E-state index in [1.54, 1.807) is 23.1 Å². The number of rotatable bonds is 6. The molecule has 0 radical (unpaired) electrons. The fourth-order valence-electron chi connectivity index (χ4n) is 4.56. The molecular formula is C25H25Cl2N5O3. The first-order valence-electron chi connectivity index (χ1n) is 11.7. The average Bonchev–Trinajstić information content (AvgIpc) is 3.48. The van der Waals surface area contributed by atoms with Crippen molar-refractivity contribution >= 4 is 46.4 Å². The molecule has 2 aromatic carbocycles. The molecule has 3 heterocycles. The molecule has 35 heavy (non-hydrogen) atoms. The van der Waals surface area contributed by atoms with Crippen LogP contribution in [0.2, 0.25) is 10.0 Å². The quantitative estimate of drug-likeness (QED) is 0.497. The van der Waals surface area contributed by atoms with E-state index >= 15 is 0 Å². The molecule has 0 atom stereocenters. The lowest BCUT2D eigenvalue weighted by molar-refractivity contribution is -0.121. The first-order valence-corrected chi connectivity index (χ1v) is 12.4.